The maximum absolute atomic E-state index is 11.4. The zero-order valence-electron chi connectivity index (χ0n) is 12.2. The molecule has 118 valence electrons. The average molecular weight is 314 g/mol. The highest BCUT2D eigenvalue weighted by molar-refractivity contribution is 5.88. The lowest BCUT2D eigenvalue weighted by atomic mass is 10.1. The Bertz CT molecular complexity index is 872. The van der Waals surface area contributed by atoms with Crippen molar-refractivity contribution in [2.75, 3.05) is 11.9 Å². The first kappa shape index (κ1) is 14.7. The van der Waals surface area contributed by atoms with E-state index in [2.05, 4.69) is 10.3 Å². The number of hydrogen-bond donors (Lipinski definition) is 3. The molecule has 3 aromatic rings. The van der Waals surface area contributed by atoms with Gasteiger partial charge >= 0.3 is 6.09 Å². The van der Waals surface area contributed by atoms with Crippen molar-refractivity contribution in [1.29, 1.82) is 0 Å². The molecule has 1 aromatic carbocycles. The maximum atomic E-state index is 11.4. The number of rotatable bonds is 3. The molecule has 0 aliphatic carbocycles. The van der Waals surface area contributed by atoms with Crippen LogP contribution >= 0.6 is 0 Å². The molecule has 0 radical (unpaired) electrons. The number of hydrogen-bond acceptors (Lipinski definition) is 6. The van der Waals surface area contributed by atoms with Crippen LogP contribution in [-0.2, 0) is 4.74 Å². The number of aromatic hydroxyl groups is 2. The highest BCUT2D eigenvalue weighted by atomic mass is 16.6. The number of pyridine rings is 1. The number of aromatic nitrogens is 1. The topological polar surface area (TPSA) is 105 Å². The van der Waals surface area contributed by atoms with Gasteiger partial charge in [0.1, 0.15) is 0 Å². The van der Waals surface area contributed by atoms with Crippen molar-refractivity contribution >= 4 is 22.9 Å². The average Bonchev–Trinajstić information content (AvgIpc) is 2.83. The Labute approximate surface area is 131 Å². The zero-order chi connectivity index (χ0) is 16.4. The number of carbonyl (C=O) groups excluding carboxylic acids is 1. The number of nitrogens with zero attached hydrogens (tertiary/aromatic N) is 1. The largest absolute Gasteiger partial charge is 0.502 e. The molecule has 0 unspecified atom stereocenters. The SMILES string of the molecule is CCOC(=O)Nc1oc(-c2cnc3ccccc3c2)c(O)c1O. The maximum Gasteiger partial charge on any atom is 0.414 e. The van der Waals surface area contributed by atoms with Gasteiger partial charge in [0.2, 0.25) is 17.4 Å². The minimum Gasteiger partial charge on any atom is -0.502 e. The molecule has 23 heavy (non-hydrogen) atoms. The van der Waals surface area contributed by atoms with Crippen LogP contribution in [0.25, 0.3) is 22.2 Å². The van der Waals surface area contributed by atoms with E-state index in [9.17, 15) is 15.0 Å². The second-order valence-corrected chi connectivity index (χ2v) is 4.72. The minimum atomic E-state index is -0.792. The number of ether oxygens (including phenoxy) is 1. The van der Waals surface area contributed by atoms with Crippen LogP contribution in [-0.4, -0.2) is 27.9 Å². The van der Waals surface area contributed by atoms with E-state index >= 15 is 0 Å². The molecular weight excluding hydrogens is 300 g/mol. The molecule has 7 heteroatoms. The van der Waals surface area contributed by atoms with Crippen LogP contribution in [0.1, 0.15) is 6.92 Å². The Kier molecular flexibility index (Phi) is 3.76. The summed E-state index contributed by atoms with van der Waals surface area (Å²) in [5.74, 6) is -1.33. The Hall–Kier alpha value is -3.22. The number of benzene rings is 1. The highest BCUT2D eigenvalue weighted by Gasteiger charge is 2.23. The first-order valence-corrected chi connectivity index (χ1v) is 6.93. The van der Waals surface area contributed by atoms with Crippen molar-refractivity contribution in [3.63, 3.8) is 0 Å². The van der Waals surface area contributed by atoms with E-state index in [1.165, 1.54) is 6.20 Å². The quantitative estimate of drug-likeness (QED) is 0.683. The molecule has 0 spiro atoms. The molecule has 0 aliphatic rings. The van der Waals surface area contributed by atoms with Gasteiger partial charge in [-0.15, -0.1) is 0 Å². The molecule has 1 amide bonds. The lowest BCUT2D eigenvalue weighted by molar-refractivity contribution is 0.167. The van der Waals surface area contributed by atoms with E-state index in [1.807, 2.05) is 24.3 Å². The van der Waals surface area contributed by atoms with Crippen LogP contribution in [0, 0.1) is 0 Å². The summed E-state index contributed by atoms with van der Waals surface area (Å²) in [5, 5.41) is 23.0. The third-order valence-electron chi connectivity index (χ3n) is 3.20. The van der Waals surface area contributed by atoms with Gasteiger partial charge in [-0.1, -0.05) is 18.2 Å². The molecular formula is C16H14N2O5. The van der Waals surface area contributed by atoms with Gasteiger partial charge in [-0.3, -0.25) is 10.3 Å². The third kappa shape index (κ3) is 2.76. The number of fused-ring (bicyclic) bond motifs is 1. The van der Waals surface area contributed by atoms with Gasteiger partial charge in [0.15, 0.2) is 5.76 Å². The standard InChI is InChI=1S/C16H14N2O5/c1-2-22-16(21)18-15-13(20)12(19)14(23-15)10-7-9-5-3-4-6-11(9)17-8-10/h3-8,19-20H,2H2,1H3,(H,18,21). The summed E-state index contributed by atoms with van der Waals surface area (Å²) in [7, 11) is 0. The van der Waals surface area contributed by atoms with Crippen LogP contribution in [0.4, 0.5) is 10.7 Å². The molecule has 0 aliphatic heterocycles. The zero-order valence-corrected chi connectivity index (χ0v) is 12.2. The number of amides is 1. The van der Waals surface area contributed by atoms with E-state index in [-0.39, 0.29) is 18.3 Å². The van der Waals surface area contributed by atoms with E-state index in [0.29, 0.717) is 5.56 Å². The molecule has 0 saturated carbocycles. The van der Waals surface area contributed by atoms with Crippen molar-refractivity contribution in [3.8, 4) is 22.8 Å². The van der Waals surface area contributed by atoms with Crippen LogP contribution in [0.15, 0.2) is 40.9 Å². The van der Waals surface area contributed by atoms with Gasteiger partial charge < -0.3 is 19.4 Å². The number of anilines is 1. The van der Waals surface area contributed by atoms with Gasteiger partial charge in [0, 0.05) is 17.1 Å². The van der Waals surface area contributed by atoms with Crippen molar-refractivity contribution < 1.29 is 24.2 Å². The number of nitrogens with one attached hydrogen (secondary N) is 1. The van der Waals surface area contributed by atoms with Gasteiger partial charge in [-0.05, 0) is 19.1 Å². The first-order chi connectivity index (χ1) is 11.1. The predicted molar refractivity (Wildman–Crippen MR) is 83.4 cm³/mol. The van der Waals surface area contributed by atoms with Crippen LogP contribution < -0.4 is 5.32 Å². The number of furan rings is 1. The van der Waals surface area contributed by atoms with Crippen molar-refractivity contribution in [1.82, 2.24) is 4.98 Å². The van der Waals surface area contributed by atoms with Crippen molar-refractivity contribution in [3.05, 3.63) is 36.5 Å². The summed E-state index contributed by atoms with van der Waals surface area (Å²) in [5.41, 5.74) is 1.25. The lowest BCUT2D eigenvalue weighted by Crippen LogP contribution is -2.12. The Morgan fingerprint density at radius 2 is 2.09 bits per heavy atom. The second-order valence-electron chi connectivity index (χ2n) is 4.72. The fourth-order valence-corrected chi connectivity index (χ4v) is 2.15. The fraction of sp³-hybridized carbons (Fsp3) is 0.125. The van der Waals surface area contributed by atoms with Gasteiger partial charge in [0.05, 0.1) is 12.1 Å². The molecule has 3 N–H and O–H groups in total. The third-order valence-corrected chi connectivity index (χ3v) is 3.20. The van der Waals surface area contributed by atoms with Crippen molar-refractivity contribution in [2.24, 2.45) is 0 Å². The summed E-state index contributed by atoms with van der Waals surface area (Å²) in [4.78, 5) is 15.7. The lowest BCUT2D eigenvalue weighted by Gasteiger charge is -2.02. The van der Waals surface area contributed by atoms with Crippen LogP contribution in [0.3, 0.4) is 0 Å². The summed E-state index contributed by atoms with van der Waals surface area (Å²) < 4.78 is 10.0. The Morgan fingerprint density at radius 3 is 2.87 bits per heavy atom. The summed E-state index contributed by atoms with van der Waals surface area (Å²) in [6.45, 7) is 1.81. The fourth-order valence-electron chi connectivity index (χ4n) is 2.15. The van der Waals surface area contributed by atoms with Gasteiger partial charge in [-0.25, -0.2) is 4.79 Å². The normalized spacial score (nSPS) is 10.7. The molecule has 0 saturated heterocycles. The molecule has 7 nitrogen and oxygen atoms in total. The second kappa shape index (κ2) is 5.88. The van der Waals surface area contributed by atoms with Gasteiger partial charge in [0.25, 0.3) is 0 Å². The number of para-hydroxylation sites is 1. The van der Waals surface area contributed by atoms with E-state index in [1.54, 1.807) is 13.0 Å². The summed E-state index contributed by atoms with van der Waals surface area (Å²) in [6.07, 6.45) is 0.716. The Balaban J connectivity index is 2.00. The van der Waals surface area contributed by atoms with E-state index < -0.39 is 17.6 Å². The summed E-state index contributed by atoms with van der Waals surface area (Å²) in [6, 6.07) is 9.21. The molecule has 2 heterocycles. The molecule has 0 bridgehead atoms. The minimum absolute atomic E-state index is 0.00699. The van der Waals surface area contributed by atoms with E-state index in [0.717, 1.165) is 10.9 Å². The van der Waals surface area contributed by atoms with Crippen molar-refractivity contribution in [2.45, 2.75) is 6.92 Å². The monoisotopic (exact) mass is 314 g/mol. The molecule has 2 aromatic heterocycles. The molecule has 3 rings (SSSR count). The first-order valence-electron chi connectivity index (χ1n) is 6.93. The molecule has 0 atom stereocenters. The smallest absolute Gasteiger partial charge is 0.414 e. The molecule has 0 fully saturated rings. The Morgan fingerprint density at radius 1 is 1.30 bits per heavy atom. The van der Waals surface area contributed by atoms with Crippen LogP contribution in [0.2, 0.25) is 0 Å². The van der Waals surface area contributed by atoms with Crippen LogP contribution in [0.5, 0.6) is 11.5 Å². The van der Waals surface area contributed by atoms with Gasteiger partial charge in [-0.2, -0.15) is 0 Å². The predicted octanol–water partition coefficient (Wildman–Crippen LogP) is 3.47. The van der Waals surface area contributed by atoms with E-state index in [4.69, 9.17) is 9.15 Å². The summed E-state index contributed by atoms with van der Waals surface area (Å²) >= 11 is 0. The number of carbonyl (C=O) groups is 1. The highest BCUT2D eigenvalue weighted by Crippen LogP contribution is 2.45.